The van der Waals surface area contributed by atoms with Crippen molar-refractivity contribution in [3.8, 4) is 0 Å². The molecule has 1 aromatic rings. The van der Waals surface area contributed by atoms with Gasteiger partial charge in [-0.15, -0.1) is 0 Å². The molecule has 0 aliphatic rings. The smallest absolute Gasteiger partial charge is 0.326 e. The molecule has 25 heavy (non-hydrogen) atoms. The maximum Gasteiger partial charge on any atom is 0.326 e. The van der Waals surface area contributed by atoms with E-state index in [1.807, 2.05) is 0 Å². The summed E-state index contributed by atoms with van der Waals surface area (Å²) < 4.78 is 0. The lowest BCUT2D eigenvalue weighted by molar-refractivity contribution is -0.142. The fraction of sp³-hybridized carbons (Fsp3) is 0.462. The summed E-state index contributed by atoms with van der Waals surface area (Å²) in [7, 11) is 0. The van der Waals surface area contributed by atoms with E-state index in [1.165, 1.54) is 12.5 Å². The van der Waals surface area contributed by atoms with Crippen molar-refractivity contribution in [3.63, 3.8) is 0 Å². The number of aliphatic hydroxyl groups is 1. The topological polar surface area (TPSA) is 214 Å². The van der Waals surface area contributed by atoms with Crippen LogP contribution in [0.2, 0.25) is 0 Å². The normalized spacial score (nSPS) is 14.2. The van der Waals surface area contributed by atoms with E-state index >= 15 is 0 Å². The summed E-state index contributed by atoms with van der Waals surface area (Å²) >= 11 is 0. The van der Waals surface area contributed by atoms with Gasteiger partial charge in [0.2, 0.25) is 17.7 Å². The number of hydrogen-bond donors (Lipinski definition) is 7. The van der Waals surface area contributed by atoms with Gasteiger partial charge in [0.15, 0.2) is 0 Å². The van der Waals surface area contributed by atoms with E-state index in [0.29, 0.717) is 5.69 Å². The largest absolute Gasteiger partial charge is 0.480 e. The molecule has 3 atom stereocenters. The number of carbonyl (C=O) groups is 4. The number of primary amides is 1. The predicted octanol–water partition coefficient (Wildman–Crippen LogP) is -3.80. The number of imidazole rings is 1. The number of carbonyl (C=O) groups excluding carboxylic acids is 3. The minimum absolute atomic E-state index is 0.0993. The molecule has 1 aromatic heterocycles. The first-order valence-electron chi connectivity index (χ1n) is 7.20. The van der Waals surface area contributed by atoms with Crippen molar-refractivity contribution in [1.29, 1.82) is 0 Å². The Morgan fingerprint density at radius 2 is 1.84 bits per heavy atom. The number of nitrogens with zero attached hydrogens (tertiary/aromatic N) is 1. The highest BCUT2D eigenvalue weighted by atomic mass is 16.4. The molecule has 0 radical (unpaired) electrons. The first-order valence-corrected chi connectivity index (χ1v) is 7.20. The summed E-state index contributed by atoms with van der Waals surface area (Å²) in [5.41, 5.74) is 10.7. The monoisotopic (exact) mass is 356 g/mol. The number of aromatic nitrogens is 2. The fourth-order valence-electron chi connectivity index (χ4n) is 1.87. The Balaban J connectivity index is 2.68. The number of nitrogens with one attached hydrogen (secondary N) is 3. The molecular weight excluding hydrogens is 336 g/mol. The van der Waals surface area contributed by atoms with Crippen LogP contribution in [0.5, 0.6) is 0 Å². The lowest BCUT2D eigenvalue weighted by atomic mass is 10.1. The van der Waals surface area contributed by atoms with Crippen LogP contribution in [-0.4, -0.2) is 68.6 Å². The average Bonchev–Trinajstić information content (AvgIpc) is 3.03. The second kappa shape index (κ2) is 9.34. The molecule has 1 heterocycles. The first-order chi connectivity index (χ1) is 11.7. The van der Waals surface area contributed by atoms with Crippen LogP contribution in [0, 0.1) is 0 Å². The Hall–Kier alpha value is -2.99. The molecule has 3 amide bonds. The maximum atomic E-state index is 12.1. The van der Waals surface area contributed by atoms with Crippen molar-refractivity contribution in [2.24, 2.45) is 11.5 Å². The van der Waals surface area contributed by atoms with Gasteiger partial charge in [-0.25, -0.2) is 9.78 Å². The summed E-state index contributed by atoms with van der Waals surface area (Å²) in [4.78, 5) is 52.3. The van der Waals surface area contributed by atoms with Gasteiger partial charge in [0.25, 0.3) is 0 Å². The molecule has 0 aliphatic heterocycles. The van der Waals surface area contributed by atoms with Crippen LogP contribution < -0.4 is 22.1 Å². The average molecular weight is 356 g/mol. The Kier molecular flexibility index (Phi) is 7.49. The van der Waals surface area contributed by atoms with Gasteiger partial charge in [-0.2, -0.15) is 0 Å². The molecule has 1 rings (SSSR count). The van der Waals surface area contributed by atoms with Crippen LogP contribution in [0.15, 0.2) is 12.5 Å². The summed E-state index contributed by atoms with van der Waals surface area (Å²) in [6.45, 7) is -0.796. The van der Waals surface area contributed by atoms with Gasteiger partial charge in [0, 0.05) is 12.6 Å². The van der Waals surface area contributed by atoms with E-state index in [2.05, 4.69) is 20.6 Å². The SMILES string of the molecule is NC(=O)C[C@H](N)C(=O)N[C@@H](CO)C(=O)N[C@@H](Cc1c[nH]cn1)C(=O)O. The second-order valence-electron chi connectivity index (χ2n) is 5.18. The van der Waals surface area contributed by atoms with E-state index in [1.54, 1.807) is 0 Å². The highest BCUT2D eigenvalue weighted by Crippen LogP contribution is 2.00. The molecular formula is C13H20N6O6. The van der Waals surface area contributed by atoms with Crippen molar-refractivity contribution in [1.82, 2.24) is 20.6 Å². The van der Waals surface area contributed by atoms with Crippen LogP contribution in [0.3, 0.4) is 0 Å². The van der Waals surface area contributed by atoms with Crippen LogP contribution in [0.1, 0.15) is 12.1 Å². The lowest BCUT2D eigenvalue weighted by Crippen LogP contribution is -2.56. The molecule has 0 fully saturated rings. The standard InChI is InChI=1S/C13H20N6O6/c14-7(2-10(15)21)11(22)19-9(4-20)12(23)18-8(13(24)25)1-6-3-16-5-17-6/h3,5,7-9,20H,1-2,4,14H2,(H2,15,21)(H,16,17)(H,18,23)(H,19,22)(H,24,25)/t7-,8-,9-/m0/s1. The van der Waals surface area contributed by atoms with Crippen LogP contribution >= 0.6 is 0 Å². The number of aliphatic carboxylic acids is 1. The highest BCUT2D eigenvalue weighted by molar-refractivity contribution is 5.93. The van der Waals surface area contributed by atoms with E-state index in [9.17, 15) is 29.4 Å². The Morgan fingerprint density at radius 3 is 2.32 bits per heavy atom. The highest BCUT2D eigenvalue weighted by Gasteiger charge is 2.28. The molecule has 9 N–H and O–H groups in total. The van der Waals surface area contributed by atoms with E-state index in [4.69, 9.17) is 11.5 Å². The van der Waals surface area contributed by atoms with Crippen molar-refractivity contribution in [2.75, 3.05) is 6.61 Å². The molecule has 12 nitrogen and oxygen atoms in total. The minimum atomic E-state index is -1.44. The minimum Gasteiger partial charge on any atom is -0.480 e. The van der Waals surface area contributed by atoms with Crippen LogP contribution in [0.4, 0.5) is 0 Å². The number of aliphatic hydroxyl groups excluding tert-OH is 1. The number of carboxylic acids is 1. The molecule has 0 aromatic carbocycles. The molecule has 138 valence electrons. The zero-order valence-electron chi connectivity index (χ0n) is 13.1. The van der Waals surface area contributed by atoms with Crippen LogP contribution in [0.25, 0.3) is 0 Å². The third-order valence-corrected chi connectivity index (χ3v) is 3.16. The number of aromatic amines is 1. The van der Waals surface area contributed by atoms with E-state index in [0.717, 1.165) is 0 Å². The fourth-order valence-corrected chi connectivity index (χ4v) is 1.87. The van der Waals surface area contributed by atoms with E-state index in [-0.39, 0.29) is 6.42 Å². The maximum absolute atomic E-state index is 12.1. The van der Waals surface area contributed by atoms with Crippen molar-refractivity contribution in [3.05, 3.63) is 18.2 Å². The number of H-pyrrole nitrogens is 1. The molecule has 0 bridgehead atoms. The van der Waals surface area contributed by atoms with Gasteiger partial charge >= 0.3 is 5.97 Å². The third kappa shape index (κ3) is 6.56. The number of amides is 3. The number of nitrogens with two attached hydrogens (primary N) is 2. The van der Waals surface area contributed by atoms with Gasteiger partial charge in [-0.05, 0) is 0 Å². The van der Waals surface area contributed by atoms with E-state index < -0.39 is 54.8 Å². The van der Waals surface area contributed by atoms with Gasteiger partial charge in [-0.3, -0.25) is 14.4 Å². The van der Waals surface area contributed by atoms with Crippen molar-refractivity contribution in [2.45, 2.75) is 31.0 Å². The second-order valence-corrected chi connectivity index (χ2v) is 5.18. The quantitative estimate of drug-likeness (QED) is 0.220. The molecule has 0 unspecified atom stereocenters. The summed E-state index contributed by atoms with van der Waals surface area (Å²) in [6, 6.07) is -4.05. The molecule has 0 spiro atoms. The van der Waals surface area contributed by atoms with Crippen LogP contribution in [-0.2, 0) is 25.6 Å². The summed E-state index contributed by atoms with van der Waals surface area (Å²) in [6.07, 6.45) is 2.28. The lowest BCUT2D eigenvalue weighted by Gasteiger charge is -2.21. The predicted molar refractivity (Wildman–Crippen MR) is 82.7 cm³/mol. The Labute approximate surface area is 142 Å². The number of rotatable bonds is 10. The number of carboxylic acid groups (broad SMARTS) is 1. The number of hydrogen-bond acceptors (Lipinski definition) is 7. The first kappa shape index (κ1) is 20.1. The summed E-state index contributed by atoms with van der Waals surface area (Å²) in [5, 5.41) is 22.7. The van der Waals surface area contributed by atoms with Gasteiger partial charge in [0.1, 0.15) is 12.1 Å². The van der Waals surface area contributed by atoms with Gasteiger partial charge in [0.05, 0.1) is 31.1 Å². The Bertz CT molecular complexity index is 619. The van der Waals surface area contributed by atoms with Crippen molar-refractivity contribution >= 4 is 23.7 Å². The summed E-state index contributed by atoms with van der Waals surface area (Å²) in [5.74, 6) is -3.93. The molecule has 0 saturated carbocycles. The Morgan fingerprint density at radius 1 is 1.20 bits per heavy atom. The zero-order chi connectivity index (χ0) is 19.0. The van der Waals surface area contributed by atoms with Gasteiger partial charge < -0.3 is 37.3 Å². The third-order valence-electron chi connectivity index (χ3n) is 3.16. The molecule has 12 heteroatoms. The van der Waals surface area contributed by atoms with Crippen molar-refractivity contribution < 1.29 is 29.4 Å². The molecule has 0 saturated heterocycles. The van der Waals surface area contributed by atoms with Gasteiger partial charge in [-0.1, -0.05) is 0 Å². The zero-order valence-corrected chi connectivity index (χ0v) is 13.1. The molecule has 0 aliphatic carbocycles.